The van der Waals surface area contributed by atoms with Crippen molar-refractivity contribution in [1.82, 2.24) is 24.4 Å². The third-order valence-corrected chi connectivity index (χ3v) is 3.66. The molecule has 0 radical (unpaired) electrons. The lowest BCUT2D eigenvalue weighted by Gasteiger charge is -2.16. The molecule has 0 atom stereocenters. The van der Waals surface area contributed by atoms with Crippen LogP contribution in [0.15, 0.2) is 43.0 Å². The second-order valence-corrected chi connectivity index (χ2v) is 5.45. The fourth-order valence-electron chi connectivity index (χ4n) is 2.55. The summed E-state index contributed by atoms with van der Waals surface area (Å²) in [7, 11) is 2.14. The number of benzene rings is 1. The van der Waals surface area contributed by atoms with E-state index in [-0.39, 0.29) is 0 Å². The first kappa shape index (κ1) is 14.5. The highest BCUT2D eigenvalue weighted by molar-refractivity contribution is 5.80. The van der Waals surface area contributed by atoms with Gasteiger partial charge in [0.1, 0.15) is 11.8 Å². The molecule has 0 saturated heterocycles. The Bertz CT molecular complexity index is 737. The van der Waals surface area contributed by atoms with Crippen LogP contribution in [0, 0.1) is 0 Å². The molecule has 3 aromatic rings. The highest BCUT2D eigenvalue weighted by Gasteiger charge is 2.07. The van der Waals surface area contributed by atoms with E-state index in [0.717, 1.165) is 31.7 Å². The van der Waals surface area contributed by atoms with Gasteiger partial charge in [0.15, 0.2) is 11.5 Å². The highest BCUT2D eigenvalue weighted by atomic mass is 15.1. The van der Waals surface area contributed by atoms with Crippen molar-refractivity contribution in [3.05, 3.63) is 48.5 Å². The average molecular weight is 296 g/mol. The van der Waals surface area contributed by atoms with Crippen LogP contribution in [-0.4, -0.2) is 38.0 Å². The van der Waals surface area contributed by atoms with E-state index < -0.39 is 0 Å². The smallest absolute Gasteiger partial charge is 0.165 e. The molecule has 0 saturated carbocycles. The molecule has 6 nitrogen and oxygen atoms in total. The van der Waals surface area contributed by atoms with Crippen LogP contribution in [0.4, 0.5) is 5.82 Å². The minimum atomic E-state index is 0.435. The van der Waals surface area contributed by atoms with Crippen molar-refractivity contribution in [2.24, 2.45) is 0 Å². The number of aromatic nitrogens is 4. The monoisotopic (exact) mass is 296 g/mol. The van der Waals surface area contributed by atoms with Gasteiger partial charge in [0, 0.05) is 13.1 Å². The van der Waals surface area contributed by atoms with Crippen LogP contribution in [0.1, 0.15) is 12.0 Å². The molecule has 2 heterocycles. The van der Waals surface area contributed by atoms with Crippen LogP contribution >= 0.6 is 0 Å². The number of anilines is 1. The summed E-state index contributed by atoms with van der Waals surface area (Å²) >= 11 is 0. The van der Waals surface area contributed by atoms with Gasteiger partial charge in [0.05, 0.1) is 6.33 Å². The Morgan fingerprint density at radius 2 is 1.95 bits per heavy atom. The van der Waals surface area contributed by atoms with Crippen molar-refractivity contribution in [3.63, 3.8) is 0 Å². The van der Waals surface area contributed by atoms with Gasteiger partial charge in [-0.05, 0) is 25.6 Å². The first-order chi connectivity index (χ1) is 10.7. The fourth-order valence-corrected chi connectivity index (χ4v) is 2.55. The van der Waals surface area contributed by atoms with Crippen molar-refractivity contribution in [2.75, 3.05) is 19.3 Å². The topological polar surface area (TPSA) is 72.9 Å². The van der Waals surface area contributed by atoms with Gasteiger partial charge in [-0.3, -0.25) is 0 Å². The maximum atomic E-state index is 5.80. The number of hydrogen-bond donors (Lipinski definition) is 1. The lowest BCUT2D eigenvalue weighted by molar-refractivity contribution is 0.315. The minimum absolute atomic E-state index is 0.435. The average Bonchev–Trinajstić information content (AvgIpc) is 2.93. The van der Waals surface area contributed by atoms with E-state index in [1.165, 1.54) is 11.9 Å². The van der Waals surface area contributed by atoms with E-state index in [1.807, 2.05) is 10.6 Å². The van der Waals surface area contributed by atoms with Crippen LogP contribution < -0.4 is 5.73 Å². The minimum Gasteiger partial charge on any atom is -0.382 e. The summed E-state index contributed by atoms with van der Waals surface area (Å²) in [6.45, 7) is 2.84. The molecule has 6 heteroatoms. The third kappa shape index (κ3) is 3.23. The van der Waals surface area contributed by atoms with E-state index in [9.17, 15) is 0 Å². The predicted molar refractivity (Wildman–Crippen MR) is 87.1 cm³/mol. The summed E-state index contributed by atoms with van der Waals surface area (Å²) in [5.41, 5.74) is 8.61. The first-order valence-electron chi connectivity index (χ1n) is 7.38. The van der Waals surface area contributed by atoms with Gasteiger partial charge >= 0.3 is 0 Å². The van der Waals surface area contributed by atoms with Crippen molar-refractivity contribution < 1.29 is 0 Å². The molecule has 114 valence electrons. The van der Waals surface area contributed by atoms with Gasteiger partial charge in [-0.25, -0.2) is 15.0 Å². The number of imidazole rings is 1. The lowest BCUT2D eigenvalue weighted by Crippen LogP contribution is -2.20. The van der Waals surface area contributed by atoms with Crippen LogP contribution in [-0.2, 0) is 13.1 Å². The van der Waals surface area contributed by atoms with Crippen LogP contribution in [0.25, 0.3) is 11.2 Å². The summed E-state index contributed by atoms with van der Waals surface area (Å²) in [4.78, 5) is 14.8. The lowest BCUT2D eigenvalue weighted by atomic mass is 10.2. The van der Waals surface area contributed by atoms with Gasteiger partial charge in [-0.15, -0.1) is 0 Å². The number of nitrogen functional groups attached to an aromatic ring is 1. The zero-order valence-electron chi connectivity index (χ0n) is 12.7. The van der Waals surface area contributed by atoms with Crippen LogP contribution in [0.3, 0.4) is 0 Å². The Hall–Kier alpha value is -2.47. The summed E-state index contributed by atoms with van der Waals surface area (Å²) in [6, 6.07) is 10.5. The predicted octanol–water partition coefficient (Wildman–Crippen LogP) is 1.93. The number of hydrogen-bond acceptors (Lipinski definition) is 5. The molecule has 3 rings (SSSR count). The molecule has 0 aliphatic rings. The molecule has 22 heavy (non-hydrogen) atoms. The quantitative estimate of drug-likeness (QED) is 0.752. The summed E-state index contributed by atoms with van der Waals surface area (Å²) in [5, 5.41) is 0. The van der Waals surface area contributed by atoms with Crippen LogP contribution in [0.5, 0.6) is 0 Å². The Balaban J connectivity index is 1.55. The third-order valence-electron chi connectivity index (χ3n) is 3.66. The number of fused-ring (bicyclic) bond motifs is 1. The van der Waals surface area contributed by atoms with E-state index in [0.29, 0.717) is 11.3 Å². The van der Waals surface area contributed by atoms with Crippen LogP contribution in [0.2, 0.25) is 0 Å². The van der Waals surface area contributed by atoms with Gasteiger partial charge in [-0.2, -0.15) is 0 Å². The molecule has 0 fully saturated rings. The Morgan fingerprint density at radius 1 is 1.14 bits per heavy atom. The normalized spacial score (nSPS) is 11.4. The molecular formula is C16H20N6. The number of nitrogens with two attached hydrogens (primary N) is 1. The first-order valence-corrected chi connectivity index (χ1v) is 7.38. The van der Waals surface area contributed by atoms with E-state index in [1.54, 1.807) is 6.33 Å². The number of nitrogens with zero attached hydrogens (tertiary/aromatic N) is 5. The fraction of sp³-hybridized carbons (Fsp3) is 0.312. The molecule has 0 aliphatic carbocycles. The maximum Gasteiger partial charge on any atom is 0.165 e. The van der Waals surface area contributed by atoms with Crippen molar-refractivity contribution in [1.29, 1.82) is 0 Å². The van der Waals surface area contributed by atoms with E-state index >= 15 is 0 Å². The summed E-state index contributed by atoms with van der Waals surface area (Å²) in [5.74, 6) is 0.435. The van der Waals surface area contributed by atoms with Crippen molar-refractivity contribution in [2.45, 2.75) is 19.5 Å². The van der Waals surface area contributed by atoms with E-state index in [4.69, 9.17) is 5.73 Å². The summed E-state index contributed by atoms with van der Waals surface area (Å²) in [6.07, 6.45) is 4.29. The maximum absolute atomic E-state index is 5.80. The molecule has 0 bridgehead atoms. The molecular weight excluding hydrogens is 276 g/mol. The molecule has 0 amide bonds. The standard InChI is InChI=1S/C16H20N6/c1-21(10-13-6-3-2-4-7-13)8-5-9-22-12-20-14-15(17)18-11-19-16(14)22/h2-4,6-7,11-12H,5,8-10H2,1H3,(H2,17,18,19). The molecule has 0 unspecified atom stereocenters. The second kappa shape index (κ2) is 6.53. The molecule has 0 spiro atoms. The highest BCUT2D eigenvalue weighted by Crippen LogP contribution is 2.14. The Morgan fingerprint density at radius 3 is 2.77 bits per heavy atom. The number of aryl methyl sites for hydroxylation is 1. The van der Waals surface area contributed by atoms with Crippen molar-refractivity contribution >= 4 is 17.0 Å². The zero-order chi connectivity index (χ0) is 15.4. The second-order valence-electron chi connectivity index (χ2n) is 5.45. The molecule has 0 aliphatic heterocycles. The Kier molecular flexibility index (Phi) is 4.29. The number of rotatable bonds is 6. The zero-order valence-corrected chi connectivity index (χ0v) is 12.7. The van der Waals surface area contributed by atoms with Gasteiger partial charge in [-0.1, -0.05) is 30.3 Å². The van der Waals surface area contributed by atoms with Gasteiger partial charge in [0.2, 0.25) is 0 Å². The van der Waals surface area contributed by atoms with Crippen molar-refractivity contribution in [3.8, 4) is 0 Å². The molecule has 2 N–H and O–H groups in total. The van der Waals surface area contributed by atoms with E-state index in [2.05, 4.69) is 51.2 Å². The molecule has 2 aromatic heterocycles. The largest absolute Gasteiger partial charge is 0.382 e. The SMILES string of the molecule is CN(CCCn1cnc2c(N)ncnc21)Cc1ccccc1. The Labute approximate surface area is 129 Å². The summed E-state index contributed by atoms with van der Waals surface area (Å²) < 4.78 is 2.03. The van der Waals surface area contributed by atoms with Gasteiger partial charge in [0.25, 0.3) is 0 Å². The molecule has 1 aromatic carbocycles. The van der Waals surface area contributed by atoms with Gasteiger partial charge < -0.3 is 15.2 Å².